The van der Waals surface area contributed by atoms with E-state index in [4.69, 9.17) is 0 Å². The number of unbranched alkanes of at least 4 members (excludes halogenated alkanes) is 2. The van der Waals surface area contributed by atoms with Gasteiger partial charge >= 0.3 is 0 Å². The van der Waals surface area contributed by atoms with Gasteiger partial charge in [0.15, 0.2) is 0 Å². The molecule has 0 aliphatic rings. The molecule has 0 unspecified atom stereocenters. The summed E-state index contributed by atoms with van der Waals surface area (Å²) in [7, 11) is 0. The van der Waals surface area contributed by atoms with Crippen LogP contribution in [0, 0.1) is 0 Å². The highest BCUT2D eigenvalue weighted by molar-refractivity contribution is 6.40. The maximum Gasteiger partial charge on any atom is 0.0540 e. The van der Waals surface area contributed by atoms with Crippen LogP contribution in [-0.4, -0.2) is 0 Å². The predicted molar refractivity (Wildman–Crippen MR) is 486 cm³/mol. The molecule has 542 valence electrons. The molecule has 112 heavy (non-hydrogen) atoms. The normalized spacial score (nSPS) is 11.3. The fraction of sp³-hybridized carbons (Fsp3) is 0.0926. The lowest BCUT2D eigenvalue weighted by atomic mass is 9.86. The highest BCUT2D eigenvalue weighted by atomic mass is 15.2. The molecular weight excluding hydrogens is 1350 g/mol. The van der Waals surface area contributed by atoms with Crippen molar-refractivity contribution in [2.24, 2.45) is 0 Å². The van der Waals surface area contributed by atoms with E-state index in [1.807, 2.05) is 12.2 Å². The van der Waals surface area contributed by atoms with Crippen LogP contribution in [-0.2, 0) is 19.3 Å². The van der Waals surface area contributed by atoms with E-state index < -0.39 is 0 Å². The third kappa shape index (κ3) is 14.2. The Morgan fingerprint density at radius 1 is 0.232 bits per heavy atom. The predicted octanol–water partition coefficient (Wildman–Crippen LogP) is 31.5. The number of fused-ring (bicyclic) bond motifs is 13. The molecule has 0 radical (unpaired) electrons. The van der Waals surface area contributed by atoms with Crippen LogP contribution in [0.2, 0.25) is 0 Å². The molecule has 0 heterocycles. The molecule has 0 N–H and O–H groups in total. The molecule has 0 amide bonds. The molecule has 4 nitrogen and oxygen atoms in total. The molecule has 0 aliphatic heterocycles. The first-order chi connectivity index (χ1) is 55.3. The van der Waals surface area contributed by atoms with E-state index in [1.54, 1.807) is 0 Å². The Morgan fingerprint density at radius 3 is 0.902 bits per heavy atom. The lowest BCUT2D eigenvalue weighted by Gasteiger charge is -2.28. The van der Waals surface area contributed by atoms with Crippen molar-refractivity contribution in [3.05, 3.63) is 411 Å². The van der Waals surface area contributed by atoms with Gasteiger partial charge in [-0.2, -0.15) is 0 Å². The van der Waals surface area contributed by atoms with E-state index in [1.165, 1.54) is 146 Å². The molecule has 0 saturated heterocycles. The molecule has 18 rings (SSSR count). The van der Waals surface area contributed by atoms with Crippen molar-refractivity contribution in [2.45, 2.75) is 65.7 Å². The summed E-state index contributed by atoms with van der Waals surface area (Å²) < 4.78 is 0. The quantitative estimate of drug-likeness (QED) is 0.0627. The van der Waals surface area contributed by atoms with Gasteiger partial charge in [0.05, 0.1) is 11.4 Å². The summed E-state index contributed by atoms with van der Waals surface area (Å²) in [5, 5.41) is 17.1. The molecule has 0 saturated carbocycles. The molecule has 0 aromatic heterocycles. The van der Waals surface area contributed by atoms with Gasteiger partial charge in [0.25, 0.3) is 0 Å². The second kappa shape index (κ2) is 32.3. The van der Waals surface area contributed by atoms with E-state index in [-0.39, 0.29) is 0 Å². The maximum atomic E-state index is 4.04. The summed E-state index contributed by atoms with van der Waals surface area (Å²) in [5.74, 6) is 0. The Labute approximate surface area is 659 Å². The third-order valence-corrected chi connectivity index (χ3v) is 22.3. The summed E-state index contributed by atoms with van der Waals surface area (Å²) >= 11 is 0. The van der Waals surface area contributed by atoms with Crippen LogP contribution in [0.1, 0.15) is 74.3 Å². The smallest absolute Gasteiger partial charge is 0.0540 e. The highest BCUT2D eigenvalue weighted by Gasteiger charge is 2.24. The second-order valence-electron chi connectivity index (χ2n) is 29.2. The van der Waals surface area contributed by atoms with Crippen LogP contribution in [0.4, 0.5) is 68.2 Å². The lowest BCUT2D eigenvalue weighted by molar-refractivity contribution is 0.795. The first-order valence-corrected chi connectivity index (χ1v) is 39.7. The Bertz CT molecular complexity index is 6120. The fourth-order valence-corrected chi connectivity index (χ4v) is 16.5. The number of para-hydroxylation sites is 1. The van der Waals surface area contributed by atoms with E-state index in [9.17, 15) is 0 Å². The first kappa shape index (κ1) is 71.4. The van der Waals surface area contributed by atoms with Crippen LogP contribution < -0.4 is 19.6 Å². The van der Waals surface area contributed by atoms with Gasteiger partial charge < -0.3 is 19.6 Å². The van der Waals surface area contributed by atoms with Gasteiger partial charge in [-0.3, -0.25) is 0 Å². The minimum absolute atomic E-state index is 1.04. The Balaban J connectivity index is 0.000000170. The summed E-state index contributed by atoms with van der Waals surface area (Å²) in [6.07, 6.45) is 12.0. The molecular formula is C108H90N4. The van der Waals surface area contributed by atoms with Gasteiger partial charge in [0, 0.05) is 67.6 Å². The zero-order chi connectivity index (χ0) is 75.9. The summed E-state index contributed by atoms with van der Waals surface area (Å²) in [4.78, 5) is 9.53. The van der Waals surface area contributed by atoms with Crippen molar-refractivity contribution in [3.63, 3.8) is 0 Å². The van der Waals surface area contributed by atoms with Crippen molar-refractivity contribution < 1.29 is 0 Å². The molecule has 0 bridgehead atoms. The van der Waals surface area contributed by atoms with E-state index in [0.29, 0.717) is 0 Å². The zero-order valence-electron chi connectivity index (χ0n) is 64.0. The number of aryl methyl sites for hydroxylation is 3. The van der Waals surface area contributed by atoms with Crippen LogP contribution in [0.15, 0.2) is 383 Å². The van der Waals surface area contributed by atoms with E-state index >= 15 is 0 Å². The average molecular weight is 1440 g/mol. The number of benzene rings is 18. The number of hydrogen-bond donors (Lipinski definition) is 0. The van der Waals surface area contributed by atoms with Gasteiger partial charge in [-0.25, -0.2) is 0 Å². The number of hydrogen-bond acceptors (Lipinski definition) is 4. The maximum absolute atomic E-state index is 4.04. The lowest BCUT2D eigenvalue weighted by Crippen LogP contribution is -2.10. The molecule has 18 aromatic rings. The highest BCUT2D eigenvalue weighted by Crippen LogP contribution is 2.50. The van der Waals surface area contributed by atoms with Crippen LogP contribution in [0.25, 0.3) is 98.7 Å². The van der Waals surface area contributed by atoms with Gasteiger partial charge in [-0.15, -0.1) is 0 Å². The fourth-order valence-electron chi connectivity index (χ4n) is 16.5. The molecule has 0 spiro atoms. The van der Waals surface area contributed by atoms with Gasteiger partial charge in [-0.1, -0.05) is 296 Å². The summed E-state index contributed by atoms with van der Waals surface area (Å²) in [6, 6.07) is 136. The van der Waals surface area contributed by atoms with Crippen molar-refractivity contribution in [1.29, 1.82) is 0 Å². The number of nitrogens with zero attached hydrogens (tertiary/aromatic N) is 4. The molecule has 18 aromatic carbocycles. The third-order valence-electron chi connectivity index (χ3n) is 22.3. The largest absolute Gasteiger partial charge is 0.311 e. The van der Waals surface area contributed by atoms with Crippen molar-refractivity contribution in [2.75, 3.05) is 19.6 Å². The summed E-state index contributed by atoms with van der Waals surface area (Å²) in [5.41, 5.74) is 22.3. The zero-order valence-corrected chi connectivity index (χ0v) is 64.0. The van der Waals surface area contributed by atoms with Gasteiger partial charge in [0.2, 0.25) is 0 Å². The van der Waals surface area contributed by atoms with E-state index in [0.717, 1.165) is 81.6 Å². The molecule has 4 heteroatoms. The van der Waals surface area contributed by atoms with Crippen molar-refractivity contribution in [1.82, 2.24) is 0 Å². The average Bonchev–Trinajstić information content (AvgIpc) is 0.703. The van der Waals surface area contributed by atoms with Gasteiger partial charge in [0.1, 0.15) is 0 Å². The SMILES string of the molecule is C=Cc1ccc(N(c2ccc3c4ccccc4c4c5cc(N(c6ccc(C=C)cc6)c6cccc7ccccc67)ccc5c5ccccc5c4c3c2)c2cccc3ccccc23)cc1.CCCCc1ccc(N(c2ccccc2)c2ccc(-c3ccc(N(c4ccc(CC)cc4)c4ccc(CCCC)cc4)cc3)cc2)cc1. The molecule has 0 aliphatic carbocycles. The summed E-state index contributed by atoms with van der Waals surface area (Å²) in [6.45, 7) is 14.8. The molecule has 0 fully saturated rings. The minimum atomic E-state index is 1.04. The minimum Gasteiger partial charge on any atom is -0.311 e. The van der Waals surface area contributed by atoms with Crippen molar-refractivity contribution in [3.8, 4) is 11.1 Å². The second-order valence-corrected chi connectivity index (χ2v) is 29.2. The van der Waals surface area contributed by atoms with Crippen molar-refractivity contribution >= 4 is 156 Å². The Kier molecular flexibility index (Phi) is 20.6. The van der Waals surface area contributed by atoms with Crippen LogP contribution in [0.5, 0.6) is 0 Å². The Hall–Kier alpha value is -13.5. The molecule has 0 atom stereocenters. The van der Waals surface area contributed by atoms with Crippen LogP contribution >= 0.6 is 0 Å². The number of rotatable bonds is 22. The van der Waals surface area contributed by atoms with Gasteiger partial charge in [-0.05, 0) is 269 Å². The monoisotopic (exact) mass is 1440 g/mol. The van der Waals surface area contributed by atoms with E-state index in [2.05, 4.69) is 424 Å². The standard InChI is InChI=1S/C62H42N2.C46H48N2/c1-3-41-27-31-45(32-28-41)63(59-25-13-17-43-15-5-7-19-49(43)59)47-35-37-53-51-21-9-12-24-56(51)62-58-40-48(36-38-54(58)52-22-10-11-23-55(52)61(62)57(53)39-47)64(46-33-29-42(4-2)30-34-46)60-26-14-18-44-16-6-8-20-50(44)60;1-4-7-12-37-18-28-43(29-19-37)47(41-14-10-9-11-15-41)45-32-22-39(23-33-45)40-24-34-46(35-25-40)48(42-26-16-36(6-3)17-27-42)44-30-20-38(21-31-44)13-8-5-2/h3-40H,1-2H2;9-11,14-35H,4-8,12-13H2,1-3H3. The number of anilines is 12. The van der Waals surface area contributed by atoms with Crippen LogP contribution in [0.3, 0.4) is 0 Å². The topological polar surface area (TPSA) is 13.0 Å². The Morgan fingerprint density at radius 2 is 0.527 bits per heavy atom. The first-order valence-electron chi connectivity index (χ1n) is 39.7.